The molecule has 2 aliphatic heterocycles. The van der Waals surface area contributed by atoms with E-state index in [1.807, 2.05) is 72.8 Å². The summed E-state index contributed by atoms with van der Waals surface area (Å²) < 4.78 is 18.7. The first-order valence-electron chi connectivity index (χ1n) is 15.3. The van der Waals surface area contributed by atoms with E-state index in [9.17, 15) is 4.79 Å². The lowest BCUT2D eigenvalue weighted by Crippen LogP contribution is -2.55. The van der Waals surface area contributed by atoms with Gasteiger partial charge in [-0.3, -0.25) is 15.1 Å². The second-order valence-electron chi connectivity index (χ2n) is 11.0. The fourth-order valence-electron chi connectivity index (χ4n) is 5.49. The summed E-state index contributed by atoms with van der Waals surface area (Å²) in [6.45, 7) is 4.97. The van der Waals surface area contributed by atoms with Gasteiger partial charge in [-0.05, 0) is 58.6 Å². The first-order chi connectivity index (χ1) is 22.5. The molecule has 12 nitrogen and oxygen atoms in total. The zero-order chi connectivity index (χ0) is 32.2. The van der Waals surface area contributed by atoms with Crippen molar-refractivity contribution in [1.82, 2.24) is 15.8 Å². The number of hydrazine groups is 1. The molecule has 242 valence electrons. The molecule has 0 radical (unpaired) electrons. The van der Waals surface area contributed by atoms with Gasteiger partial charge in [0.25, 0.3) is 5.91 Å². The lowest BCUT2D eigenvalue weighted by Gasteiger charge is -2.32. The maximum atomic E-state index is 14.5. The SMILES string of the molecule is [N-]=[N+]=NCc1ccccc1C[C@]1(C(=O)NNCCN2CCOCC2)N=C(c2ccc(OCCCO)cc2)O[C@H]1c1ccc(Br)cc1. The number of nitrogens with zero attached hydrogens (tertiary/aromatic N) is 5. The number of halogens is 1. The molecule has 0 bridgehead atoms. The van der Waals surface area contributed by atoms with Gasteiger partial charge >= 0.3 is 0 Å². The predicted molar refractivity (Wildman–Crippen MR) is 177 cm³/mol. The number of ether oxygens (including phenoxy) is 3. The Morgan fingerprint density at radius 2 is 1.85 bits per heavy atom. The Labute approximate surface area is 276 Å². The van der Waals surface area contributed by atoms with Crippen LogP contribution in [0.1, 0.15) is 34.8 Å². The van der Waals surface area contributed by atoms with Crippen molar-refractivity contribution in [1.29, 1.82) is 0 Å². The van der Waals surface area contributed by atoms with Crippen LogP contribution in [0.25, 0.3) is 10.4 Å². The molecule has 0 spiro atoms. The van der Waals surface area contributed by atoms with E-state index in [1.54, 1.807) is 0 Å². The Kier molecular flexibility index (Phi) is 12.0. The number of amides is 1. The van der Waals surface area contributed by atoms with Crippen LogP contribution in [0.4, 0.5) is 0 Å². The van der Waals surface area contributed by atoms with E-state index in [2.05, 4.69) is 41.7 Å². The molecule has 3 N–H and O–H groups in total. The maximum absolute atomic E-state index is 14.5. The van der Waals surface area contributed by atoms with E-state index in [0.717, 1.165) is 40.8 Å². The van der Waals surface area contributed by atoms with Crippen molar-refractivity contribution in [3.05, 3.63) is 110 Å². The first kappa shape index (κ1) is 33.4. The normalized spacial score (nSPS) is 19.5. The van der Waals surface area contributed by atoms with Gasteiger partial charge in [-0.2, -0.15) is 0 Å². The van der Waals surface area contributed by atoms with Crippen LogP contribution in [-0.4, -0.2) is 80.0 Å². The third-order valence-electron chi connectivity index (χ3n) is 7.94. The summed E-state index contributed by atoms with van der Waals surface area (Å²) in [7, 11) is 0. The number of nitrogens with one attached hydrogen (secondary N) is 2. The average Bonchev–Trinajstić information content (AvgIpc) is 3.48. The second kappa shape index (κ2) is 16.5. The number of benzene rings is 3. The standard InChI is InChI=1S/C33H38BrN7O5/c34-28-10-6-24(7-11-28)30-33(22-26-4-1-2-5-27(26)23-37-40-35,32(43)39-36-14-15-41-16-20-44-21-17-41)38-31(46-30)25-8-12-29(13-9-25)45-19-3-18-42/h1-2,4-13,30,36,42H,3,14-23H2,(H,39,43)/t30-,33-/m0/s1. The number of carbonyl (C=O) groups is 1. The van der Waals surface area contributed by atoms with Crippen molar-refractivity contribution in [3.63, 3.8) is 0 Å². The van der Waals surface area contributed by atoms with Crippen LogP contribution >= 0.6 is 15.9 Å². The van der Waals surface area contributed by atoms with Crippen LogP contribution in [0.2, 0.25) is 0 Å². The van der Waals surface area contributed by atoms with Crippen molar-refractivity contribution in [3.8, 4) is 5.75 Å². The molecule has 2 heterocycles. The van der Waals surface area contributed by atoms with Crippen LogP contribution in [0.15, 0.2) is 87.4 Å². The highest BCUT2D eigenvalue weighted by atomic mass is 79.9. The molecule has 3 aromatic rings. The summed E-state index contributed by atoms with van der Waals surface area (Å²) in [6, 6.07) is 22.6. The van der Waals surface area contributed by atoms with E-state index in [1.165, 1.54) is 0 Å². The molecule has 0 unspecified atom stereocenters. The highest BCUT2D eigenvalue weighted by molar-refractivity contribution is 9.10. The Bertz CT molecular complexity index is 1530. The highest BCUT2D eigenvalue weighted by Crippen LogP contribution is 2.43. The lowest BCUT2D eigenvalue weighted by molar-refractivity contribution is -0.130. The van der Waals surface area contributed by atoms with E-state index in [0.29, 0.717) is 50.0 Å². The largest absolute Gasteiger partial charge is 0.494 e. The van der Waals surface area contributed by atoms with Crippen LogP contribution in [0.3, 0.4) is 0 Å². The number of carbonyl (C=O) groups excluding carboxylic acids is 1. The molecule has 0 saturated carbocycles. The molecule has 0 aromatic heterocycles. The quantitative estimate of drug-likeness (QED) is 0.0699. The fourth-order valence-corrected chi connectivity index (χ4v) is 5.76. The molecule has 3 aromatic carbocycles. The fraction of sp³-hybridized carbons (Fsp3) is 0.394. The van der Waals surface area contributed by atoms with Crippen molar-refractivity contribution in [2.24, 2.45) is 10.1 Å². The highest BCUT2D eigenvalue weighted by Gasteiger charge is 2.53. The minimum Gasteiger partial charge on any atom is -0.494 e. The molecule has 5 rings (SSSR count). The minimum atomic E-state index is -1.42. The van der Waals surface area contributed by atoms with Gasteiger partial charge in [-0.25, -0.2) is 10.4 Å². The molecule has 1 fully saturated rings. The number of morpholine rings is 1. The van der Waals surface area contributed by atoms with Gasteiger partial charge in [0, 0.05) is 60.6 Å². The van der Waals surface area contributed by atoms with Crippen molar-refractivity contribution >= 4 is 27.7 Å². The molecule has 1 amide bonds. The molecule has 2 atom stereocenters. The summed E-state index contributed by atoms with van der Waals surface area (Å²) in [5, 5.41) is 12.9. The number of hydrogen-bond acceptors (Lipinski definition) is 9. The molecular formula is C33H38BrN7O5. The Balaban J connectivity index is 1.50. The lowest BCUT2D eigenvalue weighted by atomic mass is 9.81. The minimum absolute atomic E-state index is 0.0540. The van der Waals surface area contributed by atoms with E-state index < -0.39 is 11.6 Å². The summed E-state index contributed by atoms with van der Waals surface area (Å²) in [5.74, 6) is 0.631. The molecule has 1 saturated heterocycles. The number of aliphatic hydroxyl groups excluding tert-OH is 1. The Hall–Kier alpha value is -3.97. The molecule has 46 heavy (non-hydrogen) atoms. The average molecular weight is 693 g/mol. The summed E-state index contributed by atoms with van der Waals surface area (Å²) in [5.41, 5.74) is 16.8. The van der Waals surface area contributed by atoms with Crippen LogP contribution in [0, 0.1) is 0 Å². The van der Waals surface area contributed by atoms with Gasteiger partial charge in [0.05, 0.1) is 26.4 Å². The predicted octanol–water partition coefficient (Wildman–Crippen LogP) is 4.47. The van der Waals surface area contributed by atoms with Crippen molar-refractivity contribution in [2.45, 2.75) is 31.0 Å². The third kappa shape index (κ3) is 8.43. The topological polar surface area (TPSA) is 153 Å². The molecule has 0 aliphatic carbocycles. The van der Waals surface area contributed by atoms with E-state index >= 15 is 0 Å². The summed E-state index contributed by atoms with van der Waals surface area (Å²) in [4.78, 5) is 24.8. The number of azide groups is 1. The maximum Gasteiger partial charge on any atom is 0.266 e. The van der Waals surface area contributed by atoms with E-state index in [4.69, 9.17) is 29.8 Å². The first-order valence-corrected chi connectivity index (χ1v) is 16.1. The van der Waals surface area contributed by atoms with Gasteiger partial charge in [0.15, 0.2) is 11.6 Å². The van der Waals surface area contributed by atoms with Crippen LogP contribution in [0.5, 0.6) is 5.75 Å². The zero-order valence-electron chi connectivity index (χ0n) is 25.5. The Morgan fingerprint density at radius 1 is 1.11 bits per heavy atom. The monoisotopic (exact) mass is 691 g/mol. The number of hydrogen-bond donors (Lipinski definition) is 3. The molecule has 13 heteroatoms. The third-order valence-corrected chi connectivity index (χ3v) is 8.47. The van der Waals surface area contributed by atoms with Crippen LogP contribution < -0.4 is 15.6 Å². The van der Waals surface area contributed by atoms with Crippen molar-refractivity contribution < 1.29 is 24.1 Å². The second-order valence-corrected chi connectivity index (χ2v) is 11.9. The zero-order valence-corrected chi connectivity index (χ0v) is 27.1. The van der Waals surface area contributed by atoms with Gasteiger partial charge in [-0.1, -0.05) is 57.4 Å². The van der Waals surface area contributed by atoms with Crippen LogP contribution in [-0.2, 0) is 27.2 Å². The van der Waals surface area contributed by atoms with Gasteiger partial charge in [0.1, 0.15) is 5.75 Å². The number of aliphatic imine (C=N–C) groups is 1. The van der Waals surface area contributed by atoms with Gasteiger partial charge in [-0.15, -0.1) is 0 Å². The van der Waals surface area contributed by atoms with Crippen molar-refractivity contribution in [2.75, 3.05) is 52.6 Å². The van der Waals surface area contributed by atoms with E-state index in [-0.39, 0.29) is 25.5 Å². The van der Waals surface area contributed by atoms with Gasteiger partial charge < -0.3 is 19.3 Å². The summed E-state index contributed by atoms with van der Waals surface area (Å²) >= 11 is 3.52. The smallest absolute Gasteiger partial charge is 0.266 e. The number of aliphatic hydroxyl groups is 1. The molecule has 2 aliphatic rings. The molecular weight excluding hydrogens is 654 g/mol. The number of rotatable bonds is 15. The Morgan fingerprint density at radius 3 is 2.57 bits per heavy atom. The summed E-state index contributed by atoms with van der Waals surface area (Å²) in [6.07, 6.45) is -0.0519. The van der Waals surface area contributed by atoms with Gasteiger partial charge in [0.2, 0.25) is 5.90 Å².